The SMILES string of the molecule is CCn1c(=O)n(CC)c2cc(NC(C)c3ccc4[nH]ncc4c3)ccc21. The van der Waals surface area contributed by atoms with Gasteiger partial charge in [0.25, 0.3) is 0 Å². The Hall–Kier alpha value is -3.02. The minimum absolute atomic E-state index is 0.0561. The highest BCUT2D eigenvalue weighted by molar-refractivity contribution is 5.81. The topological polar surface area (TPSA) is 67.6 Å². The number of anilines is 1. The van der Waals surface area contributed by atoms with E-state index in [0.717, 1.165) is 27.6 Å². The maximum atomic E-state index is 12.5. The number of aromatic nitrogens is 4. The summed E-state index contributed by atoms with van der Waals surface area (Å²) in [6.07, 6.45) is 1.84. The normalized spacial score (nSPS) is 12.7. The third-order valence-electron chi connectivity index (χ3n) is 5.00. The number of hydrogen-bond donors (Lipinski definition) is 2. The number of hydrogen-bond acceptors (Lipinski definition) is 3. The average molecular weight is 349 g/mol. The molecule has 0 spiro atoms. The highest BCUT2D eigenvalue weighted by Gasteiger charge is 2.13. The Morgan fingerprint density at radius 2 is 1.85 bits per heavy atom. The Morgan fingerprint density at radius 3 is 2.62 bits per heavy atom. The first-order chi connectivity index (χ1) is 12.6. The van der Waals surface area contributed by atoms with Crippen LogP contribution >= 0.6 is 0 Å². The molecule has 0 aliphatic rings. The van der Waals surface area contributed by atoms with Gasteiger partial charge < -0.3 is 5.32 Å². The number of benzene rings is 2. The van der Waals surface area contributed by atoms with Gasteiger partial charge in [-0.1, -0.05) is 6.07 Å². The van der Waals surface area contributed by atoms with Crippen molar-refractivity contribution in [2.24, 2.45) is 0 Å². The van der Waals surface area contributed by atoms with E-state index in [1.165, 1.54) is 5.56 Å². The Morgan fingerprint density at radius 1 is 1.08 bits per heavy atom. The molecule has 0 radical (unpaired) electrons. The van der Waals surface area contributed by atoms with Crippen LogP contribution in [0, 0.1) is 0 Å². The molecule has 2 heterocycles. The number of H-pyrrole nitrogens is 1. The molecule has 4 rings (SSSR count). The molecule has 2 aromatic carbocycles. The van der Waals surface area contributed by atoms with Gasteiger partial charge in [-0.15, -0.1) is 0 Å². The third-order valence-corrected chi connectivity index (χ3v) is 5.00. The zero-order valence-electron chi connectivity index (χ0n) is 15.3. The lowest BCUT2D eigenvalue weighted by Crippen LogP contribution is -2.23. The van der Waals surface area contributed by atoms with Gasteiger partial charge >= 0.3 is 5.69 Å². The second-order valence-electron chi connectivity index (χ2n) is 6.56. The van der Waals surface area contributed by atoms with Crippen molar-refractivity contribution < 1.29 is 0 Å². The summed E-state index contributed by atoms with van der Waals surface area (Å²) in [7, 11) is 0. The zero-order chi connectivity index (χ0) is 18.3. The fourth-order valence-corrected chi connectivity index (χ4v) is 3.58. The van der Waals surface area contributed by atoms with Crippen molar-refractivity contribution in [1.82, 2.24) is 19.3 Å². The van der Waals surface area contributed by atoms with Crippen LogP contribution in [-0.4, -0.2) is 19.3 Å². The second kappa shape index (κ2) is 6.37. The lowest BCUT2D eigenvalue weighted by atomic mass is 10.1. The molecule has 134 valence electrons. The lowest BCUT2D eigenvalue weighted by molar-refractivity contribution is 0.671. The molecule has 0 saturated carbocycles. The molecule has 1 unspecified atom stereocenters. The number of imidazole rings is 1. The van der Waals surface area contributed by atoms with Crippen molar-refractivity contribution in [1.29, 1.82) is 0 Å². The molecule has 0 amide bonds. The maximum Gasteiger partial charge on any atom is 0.329 e. The van der Waals surface area contributed by atoms with Crippen LogP contribution < -0.4 is 11.0 Å². The predicted octanol–water partition coefficient (Wildman–Crippen LogP) is 3.89. The van der Waals surface area contributed by atoms with Crippen LogP contribution in [0.5, 0.6) is 0 Å². The number of fused-ring (bicyclic) bond motifs is 2. The first-order valence-electron chi connectivity index (χ1n) is 9.05. The first-order valence-corrected chi connectivity index (χ1v) is 9.05. The quantitative estimate of drug-likeness (QED) is 0.574. The highest BCUT2D eigenvalue weighted by atomic mass is 16.1. The van der Waals surface area contributed by atoms with Gasteiger partial charge in [-0.2, -0.15) is 5.10 Å². The van der Waals surface area contributed by atoms with Gasteiger partial charge in [0.1, 0.15) is 0 Å². The third kappa shape index (κ3) is 2.58. The van der Waals surface area contributed by atoms with E-state index < -0.39 is 0 Å². The van der Waals surface area contributed by atoms with Gasteiger partial charge in [-0.05, 0) is 56.7 Å². The molecule has 0 bridgehead atoms. The van der Waals surface area contributed by atoms with Crippen LogP contribution in [0.4, 0.5) is 5.69 Å². The predicted molar refractivity (Wildman–Crippen MR) is 106 cm³/mol. The Kier molecular flexibility index (Phi) is 4.03. The molecule has 0 aliphatic carbocycles. The summed E-state index contributed by atoms with van der Waals surface area (Å²) in [5, 5.41) is 11.7. The van der Waals surface area contributed by atoms with Crippen LogP contribution in [0.1, 0.15) is 32.4 Å². The minimum Gasteiger partial charge on any atom is -0.378 e. The molecule has 1 atom stereocenters. The first kappa shape index (κ1) is 16.4. The molecule has 0 saturated heterocycles. The lowest BCUT2D eigenvalue weighted by Gasteiger charge is -2.16. The van der Waals surface area contributed by atoms with Crippen molar-refractivity contribution in [3.05, 3.63) is 58.6 Å². The van der Waals surface area contributed by atoms with E-state index >= 15 is 0 Å². The zero-order valence-corrected chi connectivity index (χ0v) is 15.3. The number of aryl methyl sites for hydroxylation is 2. The second-order valence-corrected chi connectivity index (χ2v) is 6.56. The summed E-state index contributed by atoms with van der Waals surface area (Å²) in [6, 6.07) is 12.6. The van der Waals surface area contributed by atoms with Gasteiger partial charge in [0.2, 0.25) is 0 Å². The average Bonchev–Trinajstić information content (AvgIpc) is 3.21. The van der Waals surface area contributed by atoms with Crippen molar-refractivity contribution in [2.75, 3.05) is 5.32 Å². The monoisotopic (exact) mass is 349 g/mol. The molecular formula is C20H23N5O. The van der Waals surface area contributed by atoms with Crippen LogP contribution in [0.2, 0.25) is 0 Å². The Balaban J connectivity index is 1.69. The summed E-state index contributed by atoms with van der Waals surface area (Å²) in [6.45, 7) is 7.48. The van der Waals surface area contributed by atoms with Gasteiger partial charge in [0.05, 0.1) is 22.7 Å². The molecule has 2 N–H and O–H groups in total. The van der Waals surface area contributed by atoms with Crippen molar-refractivity contribution in [3.63, 3.8) is 0 Å². The number of nitrogens with zero attached hydrogens (tertiary/aromatic N) is 3. The number of aromatic amines is 1. The molecule has 6 heteroatoms. The highest BCUT2D eigenvalue weighted by Crippen LogP contribution is 2.25. The summed E-state index contributed by atoms with van der Waals surface area (Å²) < 4.78 is 3.64. The smallest absolute Gasteiger partial charge is 0.329 e. The maximum absolute atomic E-state index is 12.5. The van der Waals surface area contributed by atoms with Crippen molar-refractivity contribution in [3.8, 4) is 0 Å². The molecule has 0 aliphatic heterocycles. The van der Waals surface area contributed by atoms with Crippen LogP contribution in [0.3, 0.4) is 0 Å². The summed E-state index contributed by atoms with van der Waals surface area (Å²) in [4.78, 5) is 12.5. The largest absolute Gasteiger partial charge is 0.378 e. The van der Waals surface area contributed by atoms with Gasteiger partial charge in [0, 0.05) is 30.2 Å². The van der Waals surface area contributed by atoms with Gasteiger partial charge in [-0.3, -0.25) is 14.2 Å². The van der Waals surface area contributed by atoms with E-state index in [-0.39, 0.29) is 11.7 Å². The fraction of sp³-hybridized carbons (Fsp3) is 0.300. The van der Waals surface area contributed by atoms with Crippen molar-refractivity contribution in [2.45, 2.75) is 39.9 Å². The molecular weight excluding hydrogens is 326 g/mol. The van der Waals surface area contributed by atoms with E-state index in [4.69, 9.17) is 0 Å². The van der Waals surface area contributed by atoms with Gasteiger partial charge in [0.15, 0.2) is 0 Å². The van der Waals surface area contributed by atoms with E-state index in [1.54, 1.807) is 0 Å². The standard InChI is InChI=1S/C20H23N5O/c1-4-24-18-9-7-16(11-19(18)25(5-2)20(24)26)22-13(3)14-6-8-17-15(10-14)12-21-23-17/h6-13,22H,4-5H2,1-3H3,(H,21,23). The van der Waals surface area contributed by atoms with Crippen LogP contribution in [0.15, 0.2) is 47.4 Å². The molecule has 4 aromatic rings. The summed E-state index contributed by atoms with van der Waals surface area (Å²) >= 11 is 0. The molecule has 2 aromatic heterocycles. The Bertz CT molecular complexity index is 1130. The molecule has 26 heavy (non-hydrogen) atoms. The van der Waals surface area contributed by atoms with Crippen LogP contribution in [0.25, 0.3) is 21.9 Å². The van der Waals surface area contributed by atoms with E-state index in [2.05, 4.69) is 46.7 Å². The van der Waals surface area contributed by atoms with E-state index in [1.807, 2.05) is 41.3 Å². The van der Waals surface area contributed by atoms with Crippen molar-refractivity contribution >= 4 is 27.6 Å². The van der Waals surface area contributed by atoms with Gasteiger partial charge in [-0.25, -0.2) is 4.79 Å². The fourth-order valence-electron chi connectivity index (χ4n) is 3.58. The minimum atomic E-state index is 0.0561. The number of nitrogens with one attached hydrogen (secondary N) is 2. The summed E-state index contributed by atoms with van der Waals surface area (Å²) in [5.74, 6) is 0. The molecule has 0 fully saturated rings. The van der Waals surface area contributed by atoms with E-state index in [9.17, 15) is 4.79 Å². The Labute approximate surface area is 151 Å². The van der Waals surface area contributed by atoms with Crippen LogP contribution in [-0.2, 0) is 13.1 Å². The summed E-state index contributed by atoms with van der Waals surface area (Å²) in [5.41, 5.74) is 5.25. The molecule has 6 nitrogen and oxygen atoms in total. The van der Waals surface area contributed by atoms with E-state index in [0.29, 0.717) is 13.1 Å². The number of rotatable bonds is 5.